The van der Waals surface area contributed by atoms with Crippen LogP contribution in [0.25, 0.3) is 0 Å². The smallest absolute Gasteiger partial charge is 0.338 e. The van der Waals surface area contributed by atoms with Gasteiger partial charge in [-0.05, 0) is 52.3 Å². The molecule has 0 aliphatic carbocycles. The molecule has 2 aromatic rings. The third-order valence-electron chi connectivity index (χ3n) is 4.03. The molecule has 30 heavy (non-hydrogen) atoms. The van der Waals surface area contributed by atoms with E-state index in [2.05, 4.69) is 15.9 Å². The van der Waals surface area contributed by atoms with E-state index >= 15 is 0 Å². The Morgan fingerprint density at radius 3 is 2.13 bits per heavy atom. The number of esters is 1. The number of hydrogen-bond acceptors (Lipinski definition) is 6. The molecule has 0 unspecified atom stereocenters. The van der Waals surface area contributed by atoms with Crippen LogP contribution in [0.1, 0.15) is 16.8 Å². The van der Waals surface area contributed by atoms with Crippen LogP contribution >= 0.6 is 15.9 Å². The second-order valence-electron chi connectivity index (χ2n) is 6.01. The van der Waals surface area contributed by atoms with Crippen LogP contribution in [0.5, 0.6) is 11.5 Å². The minimum Gasteiger partial charge on any atom is -0.495 e. The summed E-state index contributed by atoms with van der Waals surface area (Å²) in [5.74, 6) is -1.77. The molecule has 8 nitrogen and oxygen atoms in total. The first-order chi connectivity index (χ1) is 14.3. The molecule has 2 aromatic carbocycles. The normalized spacial score (nSPS) is 10.3. The zero-order valence-corrected chi connectivity index (χ0v) is 17.9. The second kappa shape index (κ2) is 10.6. The van der Waals surface area contributed by atoms with Crippen LogP contribution in [0.3, 0.4) is 0 Å². The number of primary amides is 1. The third-order valence-corrected chi connectivity index (χ3v) is 4.81. The molecule has 2 amide bonds. The summed E-state index contributed by atoms with van der Waals surface area (Å²) in [4.78, 5) is 37.4. The molecule has 2 rings (SSSR count). The molecule has 10 heteroatoms. The summed E-state index contributed by atoms with van der Waals surface area (Å²) in [7, 11) is 2.86. The summed E-state index contributed by atoms with van der Waals surface area (Å²) >= 11 is 3.30. The van der Waals surface area contributed by atoms with Gasteiger partial charge in [0, 0.05) is 18.7 Å². The van der Waals surface area contributed by atoms with Gasteiger partial charge in [0.05, 0.1) is 19.8 Å². The Morgan fingerprint density at radius 2 is 1.63 bits per heavy atom. The Bertz CT molecular complexity index is 910. The lowest BCUT2D eigenvalue weighted by Crippen LogP contribution is -2.37. The Labute approximate surface area is 180 Å². The number of methoxy groups -OCH3 is 2. The van der Waals surface area contributed by atoms with Crippen molar-refractivity contribution in [2.45, 2.75) is 6.42 Å². The first-order valence-electron chi connectivity index (χ1n) is 8.69. The number of halogens is 2. The predicted octanol–water partition coefficient (Wildman–Crippen LogP) is 2.67. The zero-order chi connectivity index (χ0) is 22.3. The first-order valence-corrected chi connectivity index (χ1v) is 9.49. The Morgan fingerprint density at radius 1 is 1.07 bits per heavy atom. The number of ether oxygens (including phenoxy) is 3. The van der Waals surface area contributed by atoms with Crippen molar-refractivity contribution in [3.8, 4) is 11.5 Å². The van der Waals surface area contributed by atoms with Crippen LogP contribution < -0.4 is 20.1 Å². The van der Waals surface area contributed by atoms with Gasteiger partial charge in [-0.1, -0.05) is 0 Å². The number of benzene rings is 2. The molecule has 0 aliphatic rings. The van der Waals surface area contributed by atoms with Gasteiger partial charge in [-0.3, -0.25) is 9.59 Å². The molecular formula is C20H20BrFN2O6. The van der Waals surface area contributed by atoms with Crippen molar-refractivity contribution in [3.63, 3.8) is 0 Å². The Balaban J connectivity index is 2.15. The van der Waals surface area contributed by atoms with E-state index in [4.69, 9.17) is 19.9 Å². The van der Waals surface area contributed by atoms with E-state index in [1.807, 2.05) is 0 Å². The highest BCUT2D eigenvalue weighted by atomic mass is 79.9. The first kappa shape index (κ1) is 23.1. The maximum Gasteiger partial charge on any atom is 0.338 e. The fourth-order valence-corrected chi connectivity index (χ4v) is 3.07. The molecule has 0 radical (unpaired) electrons. The number of amides is 2. The molecule has 0 saturated heterocycles. The van der Waals surface area contributed by atoms with Gasteiger partial charge in [0.15, 0.2) is 6.61 Å². The highest BCUT2D eigenvalue weighted by molar-refractivity contribution is 9.10. The Kier molecular flexibility index (Phi) is 8.16. The lowest BCUT2D eigenvalue weighted by molar-refractivity contribution is -0.121. The lowest BCUT2D eigenvalue weighted by Gasteiger charge is -2.22. The monoisotopic (exact) mass is 482 g/mol. The number of carbonyl (C=O) groups excluding carboxylic acids is 3. The molecular weight excluding hydrogens is 463 g/mol. The van der Waals surface area contributed by atoms with E-state index in [9.17, 15) is 18.8 Å². The lowest BCUT2D eigenvalue weighted by atomic mass is 10.2. The average molecular weight is 483 g/mol. The number of nitrogens with zero attached hydrogens (tertiary/aromatic N) is 1. The summed E-state index contributed by atoms with van der Waals surface area (Å²) < 4.78 is 29.2. The minimum atomic E-state index is -0.776. The maximum atomic E-state index is 13.2. The zero-order valence-electron chi connectivity index (χ0n) is 16.3. The fourth-order valence-electron chi connectivity index (χ4n) is 2.52. The number of anilines is 1. The summed E-state index contributed by atoms with van der Waals surface area (Å²) in [5, 5.41) is 0. The number of nitrogens with two attached hydrogens (primary N) is 1. The molecule has 0 bridgehead atoms. The van der Waals surface area contributed by atoms with Crippen LogP contribution in [0.2, 0.25) is 0 Å². The summed E-state index contributed by atoms with van der Waals surface area (Å²) in [6, 6.07) is 7.97. The van der Waals surface area contributed by atoms with Crippen molar-refractivity contribution in [2.24, 2.45) is 5.73 Å². The van der Waals surface area contributed by atoms with Crippen LogP contribution in [-0.4, -0.2) is 45.2 Å². The highest BCUT2D eigenvalue weighted by Gasteiger charge is 2.21. The fraction of sp³-hybridized carbons (Fsp3) is 0.250. The largest absolute Gasteiger partial charge is 0.495 e. The molecule has 0 spiro atoms. The molecule has 0 saturated carbocycles. The standard InChI is InChI=1S/C20H20BrFN2O6/c1-28-15-9-12(10-16(29-2)19(15)21)20(27)30-11-18(26)24(8-7-17(23)25)14-5-3-13(22)4-6-14/h3-6,9-10H,7-8,11H2,1-2H3,(H2,23,25). The molecule has 2 N–H and O–H groups in total. The topological polar surface area (TPSA) is 108 Å². The third kappa shape index (κ3) is 5.93. The molecule has 0 fully saturated rings. The minimum absolute atomic E-state index is 0.0444. The number of carbonyl (C=O) groups is 3. The van der Waals surface area contributed by atoms with E-state index in [-0.39, 0.29) is 18.5 Å². The molecule has 0 aromatic heterocycles. The van der Waals surface area contributed by atoms with Gasteiger partial charge >= 0.3 is 5.97 Å². The van der Waals surface area contributed by atoms with Crippen LogP contribution in [-0.2, 0) is 14.3 Å². The van der Waals surface area contributed by atoms with E-state index in [0.29, 0.717) is 21.7 Å². The second-order valence-corrected chi connectivity index (χ2v) is 6.80. The van der Waals surface area contributed by atoms with Gasteiger partial charge in [-0.15, -0.1) is 0 Å². The van der Waals surface area contributed by atoms with Crippen molar-refractivity contribution in [1.29, 1.82) is 0 Å². The molecule has 0 heterocycles. The summed E-state index contributed by atoms with van der Waals surface area (Å²) in [5.41, 5.74) is 5.61. The maximum absolute atomic E-state index is 13.2. The van der Waals surface area contributed by atoms with Crippen LogP contribution in [0, 0.1) is 5.82 Å². The van der Waals surface area contributed by atoms with Crippen molar-refractivity contribution in [1.82, 2.24) is 0 Å². The van der Waals surface area contributed by atoms with Crippen LogP contribution in [0.15, 0.2) is 40.9 Å². The number of rotatable bonds is 9. The van der Waals surface area contributed by atoms with Gasteiger partial charge in [-0.25, -0.2) is 9.18 Å². The summed E-state index contributed by atoms with van der Waals surface area (Å²) in [6.07, 6.45) is -0.113. The van der Waals surface area contributed by atoms with Crippen molar-refractivity contribution < 1.29 is 33.0 Å². The van der Waals surface area contributed by atoms with E-state index in [0.717, 1.165) is 0 Å². The molecule has 160 valence electrons. The van der Waals surface area contributed by atoms with E-state index in [1.54, 1.807) is 0 Å². The van der Waals surface area contributed by atoms with Crippen molar-refractivity contribution >= 4 is 39.4 Å². The average Bonchev–Trinajstić information content (AvgIpc) is 2.73. The van der Waals surface area contributed by atoms with Gasteiger partial charge in [0.25, 0.3) is 5.91 Å². The van der Waals surface area contributed by atoms with Gasteiger partial charge < -0.3 is 24.8 Å². The van der Waals surface area contributed by atoms with Gasteiger partial charge in [0.1, 0.15) is 21.8 Å². The quantitative estimate of drug-likeness (QED) is 0.550. The molecule has 0 aliphatic heterocycles. The highest BCUT2D eigenvalue weighted by Crippen LogP contribution is 2.35. The van der Waals surface area contributed by atoms with Gasteiger partial charge in [0.2, 0.25) is 5.91 Å². The van der Waals surface area contributed by atoms with E-state index < -0.39 is 30.2 Å². The summed E-state index contributed by atoms with van der Waals surface area (Å²) in [6.45, 7) is -0.646. The van der Waals surface area contributed by atoms with E-state index in [1.165, 1.54) is 55.5 Å². The Hall–Kier alpha value is -3.14. The van der Waals surface area contributed by atoms with Gasteiger partial charge in [-0.2, -0.15) is 0 Å². The van der Waals surface area contributed by atoms with Crippen molar-refractivity contribution in [3.05, 3.63) is 52.3 Å². The van der Waals surface area contributed by atoms with Crippen LogP contribution in [0.4, 0.5) is 10.1 Å². The predicted molar refractivity (Wildman–Crippen MR) is 110 cm³/mol. The van der Waals surface area contributed by atoms with Crippen molar-refractivity contribution in [2.75, 3.05) is 32.3 Å². The SMILES string of the molecule is COc1cc(C(=O)OCC(=O)N(CCC(N)=O)c2ccc(F)cc2)cc(OC)c1Br. The molecule has 0 atom stereocenters. The number of hydrogen-bond donors (Lipinski definition) is 1.